The van der Waals surface area contributed by atoms with Crippen molar-refractivity contribution in [1.82, 2.24) is 19.6 Å². The number of carbonyl (C=O) groups is 1. The molecule has 7 heteroatoms. The molecule has 0 bridgehead atoms. The first-order valence-electron chi connectivity index (χ1n) is 11.7. The average Bonchev–Trinajstić information content (AvgIpc) is 3.17. The highest BCUT2D eigenvalue weighted by molar-refractivity contribution is 5.85. The zero-order valence-electron chi connectivity index (χ0n) is 19.8. The van der Waals surface area contributed by atoms with Crippen molar-refractivity contribution in [3.63, 3.8) is 0 Å². The molecule has 0 radical (unpaired) electrons. The maximum atomic E-state index is 13.0. The Morgan fingerprint density at radius 3 is 2.42 bits per heavy atom. The smallest absolute Gasteiger partial charge is 0.328 e. The van der Waals surface area contributed by atoms with Crippen LogP contribution in [-0.4, -0.2) is 30.7 Å². The summed E-state index contributed by atoms with van der Waals surface area (Å²) >= 11 is 0. The third kappa shape index (κ3) is 4.77. The molecule has 0 unspecified atom stereocenters. The summed E-state index contributed by atoms with van der Waals surface area (Å²) in [6, 6.07) is 7.27. The minimum atomic E-state index is -0.994. The zero-order valence-corrected chi connectivity index (χ0v) is 19.8. The Morgan fingerprint density at radius 1 is 1.18 bits per heavy atom. The van der Waals surface area contributed by atoms with Gasteiger partial charge >= 0.3 is 5.97 Å². The highest BCUT2D eigenvalue weighted by Crippen LogP contribution is 2.43. The Morgan fingerprint density at radius 2 is 1.85 bits per heavy atom. The second-order valence-corrected chi connectivity index (χ2v) is 10.0. The van der Waals surface area contributed by atoms with Crippen molar-refractivity contribution < 1.29 is 9.90 Å². The Kier molecular flexibility index (Phi) is 6.23. The van der Waals surface area contributed by atoms with E-state index >= 15 is 0 Å². The second kappa shape index (κ2) is 8.96. The first-order chi connectivity index (χ1) is 15.7. The number of aliphatic carboxylic acids is 1. The van der Waals surface area contributed by atoms with Gasteiger partial charge < -0.3 is 10.1 Å². The molecule has 33 heavy (non-hydrogen) atoms. The normalized spacial score (nSPS) is 19.4. The summed E-state index contributed by atoms with van der Waals surface area (Å²) in [5.74, 6) is 1.37. The van der Waals surface area contributed by atoms with Gasteiger partial charge in [-0.2, -0.15) is 0 Å². The molecule has 3 aromatic rings. The number of nitrogens with one attached hydrogen (secondary N) is 1. The van der Waals surface area contributed by atoms with Gasteiger partial charge in [0.25, 0.3) is 5.56 Å². The van der Waals surface area contributed by atoms with Gasteiger partial charge in [0.1, 0.15) is 5.82 Å². The fourth-order valence-electron chi connectivity index (χ4n) is 4.87. The van der Waals surface area contributed by atoms with Gasteiger partial charge in [0.2, 0.25) is 0 Å². The summed E-state index contributed by atoms with van der Waals surface area (Å²) in [5, 5.41) is 13.6. The molecule has 1 aliphatic rings. The number of hydrogen-bond donors (Lipinski definition) is 2. The molecule has 0 spiro atoms. The molecule has 174 valence electrons. The van der Waals surface area contributed by atoms with Crippen LogP contribution in [0.1, 0.15) is 76.4 Å². The van der Waals surface area contributed by atoms with Crippen molar-refractivity contribution in [2.75, 3.05) is 0 Å². The van der Waals surface area contributed by atoms with Crippen molar-refractivity contribution in [2.45, 2.75) is 65.7 Å². The molecular formula is C26H32N4O3. The molecule has 7 nitrogen and oxygen atoms in total. The summed E-state index contributed by atoms with van der Waals surface area (Å²) in [6.07, 6.45) is 7.73. The standard InChI is InChI=1S/C26H32N4O3/c1-5-20-22-25(33)28-23(17-9-6-16(7-10-17)8-15-21(31)32)29-30(22)24(27-20)18-11-13-19(14-12-18)26(2,3)4/h6-10,15,18-19H,5,11-14H2,1-4H3,(H,31,32)(H,28,29,33)/b15-8+. The van der Waals surface area contributed by atoms with Crippen LogP contribution < -0.4 is 5.56 Å². The van der Waals surface area contributed by atoms with E-state index in [0.717, 1.165) is 54.4 Å². The lowest BCUT2D eigenvalue weighted by Crippen LogP contribution is -2.26. The summed E-state index contributed by atoms with van der Waals surface area (Å²) in [4.78, 5) is 31.6. The number of carboxylic acids is 1. The van der Waals surface area contributed by atoms with E-state index in [9.17, 15) is 9.59 Å². The molecule has 1 aromatic carbocycles. The lowest BCUT2D eigenvalue weighted by molar-refractivity contribution is -0.131. The summed E-state index contributed by atoms with van der Waals surface area (Å²) in [7, 11) is 0. The first-order valence-corrected chi connectivity index (χ1v) is 11.7. The first kappa shape index (κ1) is 23.0. The molecule has 0 aliphatic heterocycles. The predicted octanol–water partition coefficient (Wildman–Crippen LogP) is 5.06. The van der Waals surface area contributed by atoms with Crippen LogP contribution in [0.2, 0.25) is 0 Å². The Bertz CT molecular complexity index is 1240. The van der Waals surface area contributed by atoms with Crippen LogP contribution in [0.4, 0.5) is 0 Å². The van der Waals surface area contributed by atoms with Gasteiger partial charge in [-0.15, -0.1) is 5.10 Å². The number of rotatable bonds is 5. The van der Waals surface area contributed by atoms with Crippen LogP contribution in [-0.2, 0) is 11.2 Å². The van der Waals surface area contributed by atoms with E-state index in [0.29, 0.717) is 35.0 Å². The minimum absolute atomic E-state index is 0.186. The lowest BCUT2D eigenvalue weighted by Gasteiger charge is -2.36. The van der Waals surface area contributed by atoms with E-state index in [1.54, 1.807) is 16.6 Å². The molecule has 4 rings (SSSR count). The number of aryl methyl sites for hydroxylation is 1. The van der Waals surface area contributed by atoms with Crippen LogP contribution in [0.25, 0.3) is 23.0 Å². The molecule has 2 N–H and O–H groups in total. The van der Waals surface area contributed by atoms with E-state index in [2.05, 4.69) is 25.8 Å². The third-order valence-corrected chi connectivity index (χ3v) is 6.85. The molecule has 2 heterocycles. The third-order valence-electron chi connectivity index (χ3n) is 6.85. The molecule has 1 fully saturated rings. The maximum Gasteiger partial charge on any atom is 0.328 e. The summed E-state index contributed by atoms with van der Waals surface area (Å²) < 4.78 is 1.77. The van der Waals surface area contributed by atoms with E-state index in [1.807, 2.05) is 19.1 Å². The van der Waals surface area contributed by atoms with E-state index in [1.165, 1.54) is 6.08 Å². The Labute approximate surface area is 193 Å². The number of nitrogens with zero attached hydrogens (tertiary/aromatic N) is 3. The second-order valence-electron chi connectivity index (χ2n) is 10.0. The monoisotopic (exact) mass is 448 g/mol. The van der Waals surface area contributed by atoms with Gasteiger partial charge in [0, 0.05) is 17.6 Å². The number of hydrogen-bond acceptors (Lipinski definition) is 4. The van der Waals surface area contributed by atoms with Crippen molar-refractivity contribution in [3.05, 3.63) is 57.8 Å². The van der Waals surface area contributed by atoms with Gasteiger partial charge in [0.15, 0.2) is 11.3 Å². The summed E-state index contributed by atoms with van der Waals surface area (Å²) in [5.41, 5.74) is 2.97. The molecule has 1 saturated carbocycles. The number of carboxylic acid groups (broad SMARTS) is 1. The molecular weight excluding hydrogens is 416 g/mol. The summed E-state index contributed by atoms with van der Waals surface area (Å²) in [6.45, 7) is 8.95. The highest BCUT2D eigenvalue weighted by Gasteiger charge is 2.32. The quantitative estimate of drug-likeness (QED) is 0.531. The fraction of sp³-hybridized carbons (Fsp3) is 0.462. The molecule has 0 amide bonds. The van der Waals surface area contributed by atoms with Crippen LogP contribution >= 0.6 is 0 Å². The topological polar surface area (TPSA) is 100 Å². The Hall–Kier alpha value is -3.22. The van der Waals surface area contributed by atoms with Crippen LogP contribution in [0, 0.1) is 11.3 Å². The van der Waals surface area contributed by atoms with E-state index < -0.39 is 5.97 Å². The minimum Gasteiger partial charge on any atom is -0.478 e. The van der Waals surface area contributed by atoms with Gasteiger partial charge in [-0.1, -0.05) is 52.0 Å². The number of fused-ring (bicyclic) bond motifs is 1. The number of imidazole rings is 1. The van der Waals surface area contributed by atoms with Crippen LogP contribution in [0.5, 0.6) is 0 Å². The zero-order chi connectivity index (χ0) is 23.8. The molecule has 2 aromatic heterocycles. The lowest BCUT2D eigenvalue weighted by atomic mass is 9.70. The van der Waals surface area contributed by atoms with Gasteiger partial charge in [-0.05, 0) is 55.1 Å². The van der Waals surface area contributed by atoms with Crippen LogP contribution in [0.3, 0.4) is 0 Å². The van der Waals surface area contributed by atoms with Crippen molar-refractivity contribution >= 4 is 17.6 Å². The number of H-pyrrole nitrogens is 1. The molecule has 1 aliphatic carbocycles. The average molecular weight is 449 g/mol. The van der Waals surface area contributed by atoms with E-state index in [4.69, 9.17) is 15.2 Å². The van der Waals surface area contributed by atoms with Crippen molar-refractivity contribution in [1.29, 1.82) is 0 Å². The van der Waals surface area contributed by atoms with Gasteiger partial charge in [-0.3, -0.25) is 4.79 Å². The highest BCUT2D eigenvalue weighted by atomic mass is 16.4. The Balaban J connectivity index is 1.70. The number of benzene rings is 1. The largest absolute Gasteiger partial charge is 0.478 e. The fourth-order valence-corrected chi connectivity index (χ4v) is 4.87. The molecule has 0 atom stereocenters. The SMILES string of the molecule is CCc1nc(C2CCC(C(C)(C)C)CC2)n2nc(-c3ccc(/C=C/C(=O)O)cc3)[nH]c(=O)c12. The van der Waals surface area contributed by atoms with Gasteiger partial charge in [-0.25, -0.2) is 14.3 Å². The van der Waals surface area contributed by atoms with Crippen molar-refractivity contribution in [3.8, 4) is 11.4 Å². The maximum absolute atomic E-state index is 13.0. The molecule has 0 saturated heterocycles. The van der Waals surface area contributed by atoms with Crippen molar-refractivity contribution in [2.24, 2.45) is 11.3 Å². The van der Waals surface area contributed by atoms with Gasteiger partial charge in [0.05, 0.1) is 5.69 Å². The number of aromatic amines is 1. The van der Waals surface area contributed by atoms with E-state index in [-0.39, 0.29) is 5.56 Å². The van der Waals surface area contributed by atoms with Crippen LogP contribution in [0.15, 0.2) is 35.1 Å². The predicted molar refractivity (Wildman–Crippen MR) is 129 cm³/mol. The number of aromatic nitrogens is 4.